The van der Waals surface area contributed by atoms with Crippen molar-refractivity contribution in [2.75, 3.05) is 6.54 Å². The van der Waals surface area contributed by atoms with Crippen molar-refractivity contribution in [2.24, 2.45) is 5.92 Å². The first-order chi connectivity index (χ1) is 7.38. The van der Waals surface area contributed by atoms with Gasteiger partial charge in [-0.25, -0.2) is 0 Å². The Bertz CT molecular complexity index is 215. The summed E-state index contributed by atoms with van der Waals surface area (Å²) in [6.45, 7) is 0.917. The number of carbonyl (C=O) groups excluding carboxylic acids is 1. The van der Waals surface area contributed by atoms with Gasteiger partial charge in [-0.05, 0) is 12.8 Å². The smallest absolute Gasteiger partial charge is 0.138 e. The summed E-state index contributed by atoms with van der Waals surface area (Å²) in [5, 5.41) is 3.55. The summed E-state index contributed by atoms with van der Waals surface area (Å²) in [6, 6.07) is 0.504. The quantitative estimate of drug-likeness (QED) is 0.664. The summed E-state index contributed by atoms with van der Waals surface area (Å²) in [4.78, 5) is 11.9. The van der Waals surface area contributed by atoms with Gasteiger partial charge in [0.05, 0.1) is 0 Å². The van der Waals surface area contributed by atoms with Crippen LogP contribution in [0.15, 0.2) is 0 Å². The van der Waals surface area contributed by atoms with E-state index >= 15 is 0 Å². The van der Waals surface area contributed by atoms with Crippen LogP contribution in [-0.4, -0.2) is 18.4 Å². The SMILES string of the molecule is O=C1CCNC2CCCCCCCCC12. The molecule has 1 heterocycles. The lowest BCUT2D eigenvalue weighted by Gasteiger charge is -2.32. The molecule has 2 nitrogen and oxygen atoms in total. The normalized spacial score (nSPS) is 34.5. The van der Waals surface area contributed by atoms with Crippen molar-refractivity contribution in [3.8, 4) is 0 Å². The van der Waals surface area contributed by atoms with Gasteiger partial charge in [-0.1, -0.05) is 38.5 Å². The minimum Gasteiger partial charge on any atom is -0.313 e. The van der Waals surface area contributed by atoms with Gasteiger partial charge in [0.1, 0.15) is 5.78 Å². The van der Waals surface area contributed by atoms with E-state index in [0.717, 1.165) is 19.4 Å². The van der Waals surface area contributed by atoms with E-state index in [4.69, 9.17) is 0 Å². The number of carbonyl (C=O) groups is 1. The van der Waals surface area contributed by atoms with Crippen LogP contribution in [0.2, 0.25) is 0 Å². The van der Waals surface area contributed by atoms with Crippen molar-refractivity contribution >= 4 is 5.78 Å². The molecule has 0 spiro atoms. The van der Waals surface area contributed by atoms with Crippen molar-refractivity contribution in [1.82, 2.24) is 5.32 Å². The number of ketones is 1. The molecule has 1 aliphatic heterocycles. The summed E-state index contributed by atoms with van der Waals surface area (Å²) in [6.07, 6.45) is 11.1. The van der Waals surface area contributed by atoms with Gasteiger partial charge < -0.3 is 5.32 Å². The van der Waals surface area contributed by atoms with Crippen LogP contribution in [0.5, 0.6) is 0 Å². The molecule has 2 rings (SSSR count). The van der Waals surface area contributed by atoms with E-state index in [1.807, 2.05) is 0 Å². The number of hydrogen-bond donors (Lipinski definition) is 1. The molecule has 2 aliphatic rings. The molecule has 2 heteroatoms. The summed E-state index contributed by atoms with van der Waals surface area (Å²) in [7, 11) is 0. The lowest BCUT2D eigenvalue weighted by atomic mass is 9.82. The molecule has 1 saturated heterocycles. The van der Waals surface area contributed by atoms with E-state index in [0.29, 0.717) is 17.7 Å². The number of rotatable bonds is 0. The number of piperidine rings is 1. The standard InChI is InChI=1S/C13H23NO/c15-13-9-10-14-12-8-6-4-2-1-3-5-7-11(12)13/h11-12,14H,1-10H2. The third-order valence-corrected chi connectivity index (χ3v) is 3.96. The molecule has 0 radical (unpaired) electrons. The topological polar surface area (TPSA) is 29.1 Å². The number of fused-ring (bicyclic) bond motifs is 1. The maximum atomic E-state index is 11.9. The van der Waals surface area contributed by atoms with Gasteiger partial charge >= 0.3 is 0 Å². The first-order valence-corrected chi connectivity index (χ1v) is 6.64. The van der Waals surface area contributed by atoms with E-state index in [2.05, 4.69) is 5.32 Å². The van der Waals surface area contributed by atoms with Gasteiger partial charge in [0.15, 0.2) is 0 Å². The molecule has 2 fully saturated rings. The Morgan fingerprint density at radius 1 is 0.933 bits per heavy atom. The van der Waals surface area contributed by atoms with Crippen molar-refractivity contribution in [1.29, 1.82) is 0 Å². The molecule has 1 aliphatic carbocycles. The Labute approximate surface area is 92.8 Å². The first-order valence-electron chi connectivity index (χ1n) is 6.64. The van der Waals surface area contributed by atoms with Gasteiger partial charge in [-0.3, -0.25) is 4.79 Å². The third-order valence-electron chi connectivity index (χ3n) is 3.96. The second kappa shape index (κ2) is 5.64. The number of hydrogen-bond acceptors (Lipinski definition) is 2. The average Bonchev–Trinajstić information content (AvgIpc) is 2.26. The Morgan fingerprint density at radius 3 is 2.40 bits per heavy atom. The molecule has 0 bridgehead atoms. The highest BCUT2D eigenvalue weighted by Crippen LogP contribution is 2.25. The molecule has 0 aromatic heterocycles. The van der Waals surface area contributed by atoms with Crippen LogP contribution >= 0.6 is 0 Å². The van der Waals surface area contributed by atoms with Crippen LogP contribution in [0, 0.1) is 5.92 Å². The molecule has 1 N–H and O–H groups in total. The second-order valence-electron chi connectivity index (χ2n) is 5.08. The minimum absolute atomic E-state index is 0.344. The molecule has 1 saturated carbocycles. The zero-order valence-electron chi connectivity index (χ0n) is 9.63. The summed E-state index contributed by atoms with van der Waals surface area (Å²) in [5.74, 6) is 0.871. The predicted molar refractivity (Wildman–Crippen MR) is 61.8 cm³/mol. The van der Waals surface area contributed by atoms with Crippen LogP contribution in [0.25, 0.3) is 0 Å². The Balaban J connectivity index is 1.94. The molecule has 86 valence electrons. The molecule has 0 aromatic carbocycles. The van der Waals surface area contributed by atoms with Crippen LogP contribution in [0.1, 0.15) is 57.8 Å². The van der Waals surface area contributed by atoms with Gasteiger partial charge in [0, 0.05) is 24.9 Å². The van der Waals surface area contributed by atoms with E-state index in [9.17, 15) is 4.79 Å². The zero-order chi connectivity index (χ0) is 10.5. The lowest BCUT2D eigenvalue weighted by molar-refractivity contribution is -0.125. The summed E-state index contributed by atoms with van der Waals surface area (Å²) < 4.78 is 0. The fourth-order valence-electron chi connectivity index (χ4n) is 3.03. The van der Waals surface area contributed by atoms with Crippen LogP contribution in [-0.2, 0) is 4.79 Å². The van der Waals surface area contributed by atoms with Gasteiger partial charge in [-0.2, -0.15) is 0 Å². The van der Waals surface area contributed by atoms with Crippen molar-refractivity contribution in [3.05, 3.63) is 0 Å². The van der Waals surface area contributed by atoms with Gasteiger partial charge in [-0.15, -0.1) is 0 Å². The first kappa shape index (κ1) is 11.1. The minimum atomic E-state index is 0.344. The molecular formula is C13H23NO. The Hall–Kier alpha value is -0.370. The van der Waals surface area contributed by atoms with Crippen molar-refractivity contribution in [3.63, 3.8) is 0 Å². The Kier molecular flexibility index (Phi) is 4.18. The highest BCUT2D eigenvalue weighted by molar-refractivity contribution is 5.82. The van der Waals surface area contributed by atoms with Gasteiger partial charge in [0.2, 0.25) is 0 Å². The number of nitrogens with one attached hydrogen (secondary N) is 1. The van der Waals surface area contributed by atoms with E-state index < -0.39 is 0 Å². The van der Waals surface area contributed by atoms with Crippen LogP contribution in [0.4, 0.5) is 0 Å². The van der Waals surface area contributed by atoms with E-state index in [1.54, 1.807) is 0 Å². The maximum Gasteiger partial charge on any atom is 0.138 e. The lowest BCUT2D eigenvalue weighted by Crippen LogP contribution is -2.46. The monoisotopic (exact) mass is 209 g/mol. The summed E-state index contributed by atoms with van der Waals surface area (Å²) in [5.41, 5.74) is 0. The second-order valence-corrected chi connectivity index (χ2v) is 5.08. The number of Topliss-reactive ketones (excluding diaryl/α,β-unsaturated/α-hetero) is 1. The van der Waals surface area contributed by atoms with Crippen LogP contribution < -0.4 is 5.32 Å². The highest BCUT2D eigenvalue weighted by Gasteiger charge is 2.30. The highest BCUT2D eigenvalue weighted by atomic mass is 16.1. The maximum absolute atomic E-state index is 11.9. The van der Waals surface area contributed by atoms with Crippen molar-refractivity contribution < 1.29 is 4.79 Å². The largest absolute Gasteiger partial charge is 0.313 e. The molecule has 2 atom stereocenters. The predicted octanol–water partition coefficient (Wildman–Crippen LogP) is 2.67. The van der Waals surface area contributed by atoms with Gasteiger partial charge in [0.25, 0.3) is 0 Å². The summed E-state index contributed by atoms with van der Waals surface area (Å²) >= 11 is 0. The fourth-order valence-corrected chi connectivity index (χ4v) is 3.03. The molecule has 15 heavy (non-hydrogen) atoms. The van der Waals surface area contributed by atoms with E-state index in [-0.39, 0.29) is 0 Å². The zero-order valence-corrected chi connectivity index (χ0v) is 9.63. The fraction of sp³-hybridized carbons (Fsp3) is 0.923. The van der Waals surface area contributed by atoms with Crippen molar-refractivity contribution in [2.45, 2.75) is 63.8 Å². The Morgan fingerprint density at radius 2 is 1.60 bits per heavy atom. The third kappa shape index (κ3) is 3.04. The molecular weight excluding hydrogens is 186 g/mol. The molecule has 0 aromatic rings. The van der Waals surface area contributed by atoms with Crippen LogP contribution in [0.3, 0.4) is 0 Å². The molecule has 2 unspecified atom stereocenters. The van der Waals surface area contributed by atoms with E-state index in [1.165, 1.54) is 44.9 Å². The molecule has 0 amide bonds. The average molecular weight is 209 g/mol.